The molecule has 0 aromatic heterocycles. The molecule has 6 nitrogen and oxygen atoms in total. The molecule has 0 bridgehead atoms. The summed E-state index contributed by atoms with van der Waals surface area (Å²) in [7, 11) is 1.65. The Labute approximate surface area is 145 Å². The van der Waals surface area contributed by atoms with Crippen LogP contribution < -0.4 is 15.4 Å². The molecular formula is C18H31N3O3. The molecule has 1 atom stereocenters. The molecule has 6 heteroatoms. The summed E-state index contributed by atoms with van der Waals surface area (Å²) < 4.78 is 10.6. The van der Waals surface area contributed by atoms with E-state index in [-0.39, 0.29) is 0 Å². The Morgan fingerprint density at radius 3 is 2.46 bits per heavy atom. The second-order valence-electron chi connectivity index (χ2n) is 6.01. The number of hydrogen-bond donors (Lipinski definition) is 3. The smallest absolute Gasteiger partial charge is 0.191 e. The standard InChI is InChI=1S/C18H31N3O3/c1-5-19-18(21-11-16(22)13-24-12-14(2)3)20-10-15-6-8-17(23-4)9-7-15/h6-9,14,16,22H,5,10-13H2,1-4H3,(H2,19,20,21). The highest BCUT2D eigenvalue weighted by atomic mass is 16.5. The van der Waals surface area contributed by atoms with E-state index in [1.54, 1.807) is 7.11 Å². The number of hydrogen-bond acceptors (Lipinski definition) is 4. The van der Waals surface area contributed by atoms with Gasteiger partial charge < -0.3 is 25.2 Å². The van der Waals surface area contributed by atoms with E-state index in [1.165, 1.54) is 0 Å². The molecule has 0 aliphatic rings. The lowest BCUT2D eigenvalue weighted by atomic mass is 10.2. The summed E-state index contributed by atoms with van der Waals surface area (Å²) in [5.41, 5.74) is 1.09. The van der Waals surface area contributed by atoms with Gasteiger partial charge in [-0.05, 0) is 30.5 Å². The van der Waals surface area contributed by atoms with Crippen molar-refractivity contribution in [2.75, 3.05) is 33.4 Å². The second-order valence-corrected chi connectivity index (χ2v) is 6.01. The minimum Gasteiger partial charge on any atom is -0.497 e. The van der Waals surface area contributed by atoms with Gasteiger partial charge in [0.25, 0.3) is 0 Å². The third-order valence-corrected chi connectivity index (χ3v) is 3.19. The number of aliphatic hydroxyl groups is 1. The lowest BCUT2D eigenvalue weighted by molar-refractivity contribution is 0.0280. The molecule has 1 unspecified atom stereocenters. The molecule has 3 N–H and O–H groups in total. The highest BCUT2D eigenvalue weighted by Crippen LogP contribution is 2.11. The second kappa shape index (κ2) is 11.7. The molecule has 1 rings (SSSR count). The minimum absolute atomic E-state index is 0.322. The predicted octanol–water partition coefficient (Wildman–Crippen LogP) is 1.78. The summed E-state index contributed by atoms with van der Waals surface area (Å²) in [6.07, 6.45) is -0.561. The first-order valence-corrected chi connectivity index (χ1v) is 8.46. The fourth-order valence-electron chi connectivity index (χ4n) is 1.96. The first-order valence-electron chi connectivity index (χ1n) is 8.46. The topological polar surface area (TPSA) is 75.1 Å². The Hall–Kier alpha value is -1.79. The highest BCUT2D eigenvalue weighted by molar-refractivity contribution is 5.79. The average molecular weight is 337 g/mol. The molecule has 0 spiro atoms. The fourth-order valence-corrected chi connectivity index (χ4v) is 1.96. The van der Waals surface area contributed by atoms with Crippen LogP contribution in [0.25, 0.3) is 0 Å². The van der Waals surface area contributed by atoms with E-state index in [0.717, 1.165) is 17.9 Å². The van der Waals surface area contributed by atoms with Crippen LogP contribution in [0.5, 0.6) is 5.75 Å². The number of guanidine groups is 1. The fraction of sp³-hybridized carbons (Fsp3) is 0.611. The van der Waals surface area contributed by atoms with Crippen LogP contribution in [0.3, 0.4) is 0 Å². The zero-order valence-corrected chi connectivity index (χ0v) is 15.2. The number of aliphatic imine (C=N–C) groups is 1. The third-order valence-electron chi connectivity index (χ3n) is 3.19. The van der Waals surface area contributed by atoms with Gasteiger partial charge in [0.1, 0.15) is 5.75 Å². The van der Waals surface area contributed by atoms with Crippen molar-refractivity contribution < 1.29 is 14.6 Å². The van der Waals surface area contributed by atoms with Gasteiger partial charge in [-0.2, -0.15) is 0 Å². The first-order chi connectivity index (χ1) is 11.5. The lowest BCUT2D eigenvalue weighted by Crippen LogP contribution is -2.42. The van der Waals surface area contributed by atoms with Crippen LogP contribution >= 0.6 is 0 Å². The van der Waals surface area contributed by atoms with Crippen molar-refractivity contribution in [2.45, 2.75) is 33.4 Å². The number of rotatable bonds is 10. The maximum absolute atomic E-state index is 9.94. The summed E-state index contributed by atoms with van der Waals surface area (Å²) in [5.74, 6) is 1.97. The Bertz CT molecular complexity index is 475. The number of nitrogens with one attached hydrogen (secondary N) is 2. The molecule has 136 valence electrons. The highest BCUT2D eigenvalue weighted by Gasteiger charge is 2.06. The Morgan fingerprint density at radius 2 is 1.88 bits per heavy atom. The van der Waals surface area contributed by atoms with E-state index in [9.17, 15) is 5.11 Å². The summed E-state index contributed by atoms with van der Waals surface area (Å²) in [5, 5.41) is 16.2. The molecule has 0 fully saturated rings. The monoisotopic (exact) mass is 337 g/mol. The van der Waals surface area contributed by atoms with Crippen LogP contribution in [0, 0.1) is 5.92 Å². The van der Waals surface area contributed by atoms with Crippen LogP contribution in [0.4, 0.5) is 0 Å². The minimum atomic E-state index is -0.561. The normalized spacial score (nSPS) is 13.0. The van der Waals surface area contributed by atoms with Gasteiger partial charge in [0.2, 0.25) is 0 Å². The predicted molar refractivity (Wildman–Crippen MR) is 97.5 cm³/mol. The molecule has 0 aliphatic heterocycles. The first kappa shape index (κ1) is 20.3. The van der Waals surface area contributed by atoms with Crippen molar-refractivity contribution in [1.29, 1.82) is 0 Å². The summed E-state index contributed by atoms with van der Waals surface area (Å²) in [6.45, 7) is 8.86. The van der Waals surface area contributed by atoms with Gasteiger partial charge in [-0.15, -0.1) is 0 Å². The average Bonchev–Trinajstić information content (AvgIpc) is 2.57. The van der Waals surface area contributed by atoms with Crippen LogP contribution in [0.15, 0.2) is 29.3 Å². The lowest BCUT2D eigenvalue weighted by Gasteiger charge is -2.16. The number of methoxy groups -OCH3 is 1. The van der Waals surface area contributed by atoms with E-state index in [4.69, 9.17) is 9.47 Å². The Morgan fingerprint density at radius 1 is 1.17 bits per heavy atom. The molecule has 0 aliphatic carbocycles. The van der Waals surface area contributed by atoms with Gasteiger partial charge in [-0.25, -0.2) is 4.99 Å². The number of aliphatic hydroxyl groups excluding tert-OH is 1. The molecule has 24 heavy (non-hydrogen) atoms. The van der Waals surface area contributed by atoms with Gasteiger partial charge >= 0.3 is 0 Å². The largest absolute Gasteiger partial charge is 0.497 e. The van der Waals surface area contributed by atoms with Crippen molar-refractivity contribution in [3.63, 3.8) is 0 Å². The van der Waals surface area contributed by atoms with Crippen LogP contribution in [-0.4, -0.2) is 50.6 Å². The van der Waals surface area contributed by atoms with Gasteiger partial charge in [0.15, 0.2) is 5.96 Å². The Balaban J connectivity index is 2.43. The summed E-state index contributed by atoms with van der Waals surface area (Å²) in [4.78, 5) is 4.52. The van der Waals surface area contributed by atoms with Gasteiger partial charge in [0.05, 0.1) is 26.4 Å². The summed E-state index contributed by atoms with van der Waals surface area (Å²) >= 11 is 0. The van der Waals surface area contributed by atoms with Crippen molar-refractivity contribution in [1.82, 2.24) is 10.6 Å². The van der Waals surface area contributed by atoms with Crippen molar-refractivity contribution >= 4 is 5.96 Å². The van der Waals surface area contributed by atoms with Gasteiger partial charge in [-0.3, -0.25) is 0 Å². The Kier molecular flexibility index (Phi) is 9.88. The zero-order chi connectivity index (χ0) is 17.8. The molecule has 1 aromatic carbocycles. The number of nitrogens with zero attached hydrogens (tertiary/aromatic N) is 1. The van der Waals surface area contributed by atoms with Crippen molar-refractivity contribution in [2.24, 2.45) is 10.9 Å². The van der Waals surface area contributed by atoms with E-state index >= 15 is 0 Å². The number of ether oxygens (including phenoxy) is 2. The van der Waals surface area contributed by atoms with Crippen LogP contribution in [-0.2, 0) is 11.3 Å². The maximum Gasteiger partial charge on any atom is 0.191 e. The van der Waals surface area contributed by atoms with E-state index < -0.39 is 6.10 Å². The molecule has 0 saturated carbocycles. The molecule has 0 saturated heterocycles. The van der Waals surface area contributed by atoms with Crippen LogP contribution in [0.1, 0.15) is 26.3 Å². The molecular weight excluding hydrogens is 306 g/mol. The SMILES string of the molecule is CCNC(=NCc1ccc(OC)cc1)NCC(O)COCC(C)C. The molecule has 0 amide bonds. The molecule has 1 aromatic rings. The molecule has 0 radical (unpaired) electrons. The van der Waals surface area contributed by atoms with Crippen molar-refractivity contribution in [3.05, 3.63) is 29.8 Å². The van der Waals surface area contributed by atoms with Gasteiger partial charge in [-0.1, -0.05) is 26.0 Å². The zero-order valence-electron chi connectivity index (χ0n) is 15.2. The van der Waals surface area contributed by atoms with E-state index in [2.05, 4.69) is 29.5 Å². The third kappa shape index (κ3) is 8.74. The van der Waals surface area contributed by atoms with Gasteiger partial charge in [0, 0.05) is 19.7 Å². The quantitative estimate of drug-likeness (QED) is 0.448. The molecule has 0 heterocycles. The van der Waals surface area contributed by atoms with E-state index in [0.29, 0.717) is 38.2 Å². The van der Waals surface area contributed by atoms with Crippen LogP contribution in [0.2, 0.25) is 0 Å². The van der Waals surface area contributed by atoms with Crippen molar-refractivity contribution in [3.8, 4) is 5.75 Å². The number of benzene rings is 1. The summed E-state index contributed by atoms with van der Waals surface area (Å²) in [6, 6.07) is 7.81. The maximum atomic E-state index is 9.94. The van der Waals surface area contributed by atoms with E-state index in [1.807, 2.05) is 31.2 Å².